The molecule has 2 N–H and O–H groups in total. The van der Waals surface area contributed by atoms with Crippen molar-refractivity contribution in [2.45, 2.75) is 40.2 Å². The number of aryl methyl sites for hydroxylation is 3. The molecule has 134 valence electrons. The van der Waals surface area contributed by atoms with Gasteiger partial charge in [-0.2, -0.15) is 5.10 Å². The molecule has 6 nitrogen and oxygen atoms in total. The molecular weight excluding hydrogens is 435 g/mol. The third kappa shape index (κ3) is 7.16. The number of aliphatic imine (C=N–C) groups is 1. The summed E-state index contributed by atoms with van der Waals surface area (Å²) in [6.45, 7) is 9.65. The van der Waals surface area contributed by atoms with E-state index in [9.17, 15) is 0 Å². The van der Waals surface area contributed by atoms with Gasteiger partial charge in [-0.05, 0) is 33.3 Å². The lowest BCUT2D eigenvalue weighted by Crippen LogP contribution is -2.38. The molecule has 0 saturated heterocycles. The van der Waals surface area contributed by atoms with Crippen molar-refractivity contribution in [1.82, 2.24) is 25.4 Å². The van der Waals surface area contributed by atoms with Crippen molar-refractivity contribution in [2.75, 3.05) is 19.6 Å². The predicted molar refractivity (Wildman–Crippen MR) is 112 cm³/mol. The minimum Gasteiger partial charge on any atom is -0.357 e. The van der Waals surface area contributed by atoms with E-state index in [2.05, 4.69) is 46.5 Å². The van der Waals surface area contributed by atoms with Crippen LogP contribution in [0.5, 0.6) is 0 Å². The number of thiazole rings is 1. The van der Waals surface area contributed by atoms with Gasteiger partial charge in [0.05, 0.1) is 10.7 Å². The van der Waals surface area contributed by atoms with E-state index in [0.29, 0.717) is 0 Å². The van der Waals surface area contributed by atoms with Crippen LogP contribution in [0.25, 0.3) is 0 Å². The van der Waals surface area contributed by atoms with Crippen LogP contribution in [0.2, 0.25) is 0 Å². The molecule has 0 unspecified atom stereocenters. The van der Waals surface area contributed by atoms with E-state index < -0.39 is 0 Å². The van der Waals surface area contributed by atoms with E-state index in [4.69, 9.17) is 0 Å². The fourth-order valence-corrected chi connectivity index (χ4v) is 3.07. The van der Waals surface area contributed by atoms with Crippen LogP contribution >= 0.6 is 35.3 Å². The molecule has 0 aliphatic rings. The summed E-state index contributed by atoms with van der Waals surface area (Å²) in [6, 6.07) is 1.94. The monoisotopic (exact) mass is 462 g/mol. The van der Waals surface area contributed by atoms with Crippen LogP contribution in [0.4, 0.5) is 0 Å². The van der Waals surface area contributed by atoms with E-state index >= 15 is 0 Å². The van der Waals surface area contributed by atoms with Gasteiger partial charge >= 0.3 is 0 Å². The molecule has 0 atom stereocenters. The van der Waals surface area contributed by atoms with Crippen molar-refractivity contribution in [3.8, 4) is 0 Å². The Bertz CT molecular complexity index is 589. The van der Waals surface area contributed by atoms with Crippen LogP contribution in [0.1, 0.15) is 28.9 Å². The standard InChI is InChI=1S/C16H26N6S.HI/c1-4-17-16(18-8-5-11-22-12-6-9-20-22)19-10-7-15-21-13(2)14(3)23-15;/h6,9,12H,4-5,7-8,10-11H2,1-3H3,(H2,17,18,19);1H. The molecule has 0 saturated carbocycles. The van der Waals surface area contributed by atoms with Crippen molar-refractivity contribution in [2.24, 2.45) is 4.99 Å². The van der Waals surface area contributed by atoms with Gasteiger partial charge in [-0.3, -0.25) is 9.67 Å². The molecular formula is C16H27IN6S. The van der Waals surface area contributed by atoms with E-state index in [1.165, 1.54) is 9.88 Å². The summed E-state index contributed by atoms with van der Waals surface area (Å²) in [4.78, 5) is 10.5. The summed E-state index contributed by atoms with van der Waals surface area (Å²) < 4.78 is 1.93. The molecule has 2 rings (SSSR count). The van der Waals surface area contributed by atoms with E-state index in [1.54, 1.807) is 17.5 Å². The molecule has 0 radical (unpaired) electrons. The molecule has 0 aliphatic heterocycles. The first-order valence-corrected chi connectivity index (χ1v) is 8.93. The zero-order valence-corrected chi connectivity index (χ0v) is 17.7. The third-order valence-corrected chi connectivity index (χ3v) is 4.56. The minimum atomic E-state index is 0. The highest BCUT2D eigenvalue weighted by Gasteiger charge is 2.04. The van der Waals surface area contributed by atoms with Gasteiger partial charge in [0.2, 0.25) is 0 Å². The average molecular weight is 462 g/mol. The van der Waals surface area contributed by atoms with Crippen LogP contribution < -0.4 is 10.6 Å². The van der Waals surface area contributed by atoms with Crippen molar-refractivity contribution in [1.29, 1.82) is 0 Å². The molecule has 0 fully saturated rings. The number of nitrogens with one attached hydrogen (secondary N) is 2. The fraction of sp³-hybridized carbons (Fsp3) is 0.562. The molecule has 2 heterocycles. The molecule has 8 heteroatoms. The fourth-order valence-electron chi connectivity index (χ4n) is 2.13. The van der Waals surface area contributed by atoms with Gasteiger partial charge in [0, 0.05) is 49.9 Å². The molecule has 0 aromatic carbocycles. The lowest BCUT2D eigenvalue weighted by atomic mass is 10.4. The molecule has 0 aliphatic carbocycles. The van der Waals surface area contributed by atoms with E-state index in [-0.39, 0.29) is 24.0 Å². The van der Waals surface area contributed by atoms with E-state index in [0.717, 1.165) is 50.7 Å². The quantitative estimate of drug-likeness (QED) is 0.274. The Balaban J connectivity index is 0.00000288. The molecule has 0 amide bonds. The van der Waals surface area contributed by atoms with Gasteiger partial charge in [0.1, 0.15) is 0 Å². The molecule has 2 aromatic heterocycles. The number of nitrogens with zero attached hydrogens (tertiary/aromatic N) is 4. The summed E-state index contributed by atoms with van der Waals surface area (Å²) in [6.07, 6.45) is 5.68. The summed E-state index contributed by atoms with van der Waals surface area (Å²) >= 11 is 1.78. The van der Waals surface area contributed by atoms with Crippen LogP contribution in [0.15, 0.2) is 23.5 Å². The Hall–Kier alpha value is -1.16. The maximum absolute atomic E-state index is 4.60. The van der Waals surface area contributed by atoms with Crippen molar-refractivity contribution in [3.05, 3.63) is 34.0 Å². The minimum absolute atomic E-state index is 0. The number of halogens is 1. The first-order valence-electron chi connectivity index (χ1n) is 8.11. The second-order valence-electron chi connectivity index (χ2n) is 5.31. The SMILES string of the molecule is CCNC(=NCCCn1cccn1)NCCc1nc(C)c(C)s1.I. The summed E-state index contributed by atoms with van der Waals surface area (Å²) in [5, 5.41) is 12.0. The first kappa shape index (κ1) is 20.9. The maximum atomic E-state index is 4.60. The highest BCUT2D eigenvalue weighted by Crippen LogP contribution is 2.16. The summed E-state index contributed by atoms with van der Waals surface area (Å²) in [7, 11) is 0. The summed E-state index contributed by atoms with van der Waals surface area (Å²) in [5.74, 6) is 0.873. The lowest BCUT2D eigenvalue weighted by molar-refractivity contribution is 0.584. The average Bonchev–Trinajstić information content (AvgIpc) is 3.14. The zero-order valence-electron chi connectivity index (χ0n) is 14.6. The highest BCUT2D eigenvalue weighted by molar-refractivity contribution is 14.0. The van der Waals surface area contributed by atoms with Gasteiger partial charge in [0.25, 0.3) is 0 Å². The molecule has 2 aromatic rings. The second kappa shape index (κ2) is 11.4. The summed E-state index contributed by atoms with van der Waals surface area (Å²) in [5.41, 5.74) is 1.14. The Morgan fingerprint density at radius 3 is 2.79 bits per heavy atom. The highest BCUT2D eigenvalue weighted by atomic mass is 127. The molecule has 0 spiro atoms. The molecule has 24 heavy (non-hydrogen) atoms. The van der Waals surface area contributed by atoms with Gasteiger partial charge in [-0.25, -0.2) is 4.98 Å². The number of guanidine groups is 1. The van der Waals surface area contributed by atoms with Crippen LogP contribution in [0, 0.1) is 13.8 Å². The normalized spacial score (nSPS) is 11.2. The van der Waals surface area contributed by atoms with E-state index in [1.807, 2.05) is 16.9 Å². The maximum Gasteiger partial charge on any atom is 0.191 e. The number of hydrogen-bond acceptors (Lipinski definition) is 4. The Morgan fingerprint density at radius 2 is 2.17 bits per heavy atom. The zero-order chi connectivity index (χ0) is 16.5. The Morgan fingerprint density at radius 1 is 1.33 bits per heavy atom. The van der Waals surface area contributed by atoms with Crippen molar-refractivity contribution in [3.63, 3.8) is 0 Å². The number of aromatic nitrogens is 3. The van der Waals surface area contributed by atoms with Crippen LogP contribution in [-0.2, 0) is 13.0 Å². The largest absolute Gasteiger partial charge is 0.357 e. The lowest BCUT2D eigenvalue weighted by Gasteiger charge is -2.10. The molecule has 0 bridgehead atoms. The van der Waals surface area contributed by atoms with Crippen LogP contribution in [0.3, 0.4) is 0 Å². The smallest absolute Gasteiger partial charge is 0.191 e. The van der Waals surface area contributed by atoms with Crippen LogP contribution in [-0.4, -0.2) is 40.4 Å². The number of hydrogen-bond donors (Lipinski definition) is 2. The Kier molecular flexibility index (Phi) is 9.92. The van der Waals surface area contributed by atoms with Gasteiger partial charge < -0.3 is 10.6 Å². The first-order chi connectivity index (χ1) is 11.2. The predicted octanol–water partition coefficient (Wildman–Crippen LogP) is 2.76. The Labute approximate surface area is 165 Å². The van der Waals surface area contributed by atoms with Gasteiger partial charge in [0.15, 0.2) is 5.96 Å². The van der Waals surface area contributed by atoms with Crippen molar-refractivity contribution < 1.29 is 0 Å². The second-order valence-corrected chi connectivity index (χ2v) is 6.60. The topological polar surface area (TPSA) is 67.1 Å². The van der Waals surface area contributed by atoms with Gasteiger partial charge in [-0.1, -0.05) is 0 Å². The third-order valence-electron chi connectivity index (χ3n) is 3.42. The van der Waals surface area contributed by atoms with Gasteiger partial charge in [-0.15, -0.1) is 35.3 Å². The number of rotatable bonds is 8. The van der Waals surface area contributed by atoms with Crippen molar-refractivity contribution >= 4 is 41.3 Å².